The Morgan fingerprint density at radius 2 is 2.19 bits per heavy atom. The highest BCUT2D eigenvalue weighted by atomic mass is 79.9. The zero-order valence-corrected chi connectivity index (χ0v) is 14.0. The third-order valence-electron chi connectivity index (χ3n) is 4.97. The molecule has 1 unspecified atom stereocenters. The first-order chi connectivity index (χ1) is 9.98. The Balaban J connectivity index is 2.01. The van der Waals surface area contributed by atoms with Crippen molar-refractivity contribution in [3.63, 3.8) is 0 Å². The average molecular weight is 350 g/mol. The Hall–Kier alpha value is -1.29. The van der Waals surface area contributed by atoms with Crippen LogP contribution in [0.3, 0.4) is 0 Å². The highest BCUT2D eigenvalue weighted by molar-refractivity contribution is 9.10. The molecule has 1 aliphatic rings. The van der Waals surface area contributed by atoms with E-state index in [0.29, 0.717) is 6.42 Å². The van der Waals surface area contributed by atoms with Gasteiger partial charge in [0.15, 0.2) is 0 Å². The second-order valence-corrected chi connectivity index (χ2v) is 7.08. The summed E-state index contributed by atoms with van der Waals surface area (Å²) < 4.78 is 1.06. The number of carbonyl (C=O) groups is 1. The lowest BCUT2D eigenvalue weighted by Gasteiger charge is -2.22. The van der Waals surface area contributed by atoms with Gasteiger partial charge in [0.05, 0.1) is 11.4 Å². The molecule has 1 saturated carbocycles. The number of aliphatic carboxylic acids is 1. The van der Waals surface area contributed by atoms with Gasteiger partial charge in [-0.15, -0.1) is 0 Å². The van der Waals surface area contributed by atoms with E-state index in [4.69, 9.17) is 0 Å². The van der Waals surface area contributed by atoms with Gasteiger partial charge < -0.3 is 10.1 Å². The first-order valence-corrected chi connectivity index (χ1v) is 8.26. The van der Waals surface area contributed by atoms with Gasteiger partial charge in [0.1, 0.15) is 0 Å². The fraction of sp³-hybridized carbons (Fsp3) is 0.471. The van der Waals surface area contributed by atoms with Gasteiger partial charge in [-0.2, -0.15) is 0 Å². The Morgan fingerprint density at radius 3 is 2.76 bits per heavy atom. The predicted octanol–water partition coefficient (Wildman–Crippen LogP) is 4.67. The van der Waals surface area contributed by atoms with Gasteiger partial charge in [0, 0.05) is 15.6 Å². The molecule has 3 nitrogen and oxygen atoms in total. The van der Waals surface area contributed by atoms with Crippen molar-refractivity contribution in [3.8, 4) is 0 Å². The molecule has 1 aromatic carbocycles. The van der Waals surface area contributed by atoms with Crippen molar-refractivity contribution in [1.29, 1.82) is 0 Å². The van der Waals surface area contributed by atoms with E-state index >= 15 is 0 Å². The van der Waals surface area contributed by atoms with Gasteiger partial charge in [-0.25, -0.2) is 0 Å². The summed E-state index contributed by atoms with van der Waals surface area (Å²) >= 11 is 3.58. The number of carboxylic acid groups (broad SMARTS) is 1. The van der Waals surface area contributed by atoms with Crippen LogP contribution in [0.1, 0.15) is 37.4 Å². The number of carboxylic acids is 1. The van der Waals surface area contributed by atoms with Crippen LogP contribution in [0.15, 0.2) is 22.7 Å². The number of fused-ring (bicyclic) bond motifs is 1. The topological polar surface area (TPSA) is 53.1 Å². The molecule has 112 valence electrons. The minimum atomic E-state index is -0.645. The Kier molecular flexibility index (Phi) is 3.60. The van der Waals surface area contributed by atoms with E-state index in [1.807, 2.05) is 19.1 Å². The Morgan fingerprint density at radius 1 is 1.48 bits per heavy atom. The van der Waals surface area contributed by atoms with Crippen LogP contribution in [0, 0.1) is 18.3 Å². The molecule has 1 fully saturated rings. The second-order valence-electron chi connectivity index (χ2n) is 6.23. The van der Waals surface area contributed by atoms with Crippen molar-refractivity contribution in [2.45, 2.75) is 39.5 Å². The van der Waals surface area contributed by atoms with Crippen LogP contribution in [0.2, 0.25) is 0 Å². The lowest BCUT2D eigenvalue weighted by Crippen LogP contribution is -2.26. The molecule has 0 radical (unpaired) electrons. The van der Waals surface area contributed by atoms with E-state index < -0.39 is 5.97 Å². The summed E-state index contributed by atoms with van der Waals surface area (Å²) in [5, 5.41) is 10.7. The largest absolute Gasteiger partial charge is 0.481 e. The molecular weight excluding hydrogens is 330 g/mol. The average Bonchev–Trinajstić information content (AvgIpc) is 3.12. The molecule has 0 spiro atoms. The summed E-state index contributed by atoms with van der Waals surface area (Å²) in [4.78, 5) is 15.0. The van der Waals surface area contributed by atoms with Gasteiger partial charge in [0.25, 0.3) is 0 Å². The molecule has 1 heterocycles. The number of hydrogen-bond donors (Lipinski definition) is 2. The van der Waals surface area contributed by atoms with Gasteiger partial charge in [-0.1, -0.05) is 19.1 Å². The van der Waals surface area contributed by atoms with Crippen LogP contribution in [0.25, 0.3) is 10.9 Å². The van der Waals surface area contributed by atoms with Crippen LogP contribution < -0.4 is 0 Å². The van der Waals surface area contributed by atoms with Crippen molar-refractivity contribution in [2.75, 3.05) is 0 Å². The molecule has 1 aromatic heterocycles. The molecule has 0 bridgehead atoms. The van der Waals surface area contributed by atoms with Crippen LogP contribution in [-0.2, 0) is 11.2 Å². The lowest BCUT2D eigenvalue weighted by atomic mass is 9.81. The molecule has 2 N–H and O–H groups in total. The number of rotatable bonds is 5. The van der Waals surface area contributed by atoms with E-state index in [2.05, 4.69) is 33.9 Å². The SMILES string of the molecule is CCC(C(=O)O)C1(Cc2c(C)[nH]c3c(Br)cccc23)CC1. The number of benzene rings is 1. The van der Waals surface area contributed by atoms with Crippen molar-refractivity contribution >= 4 is 32.8 Å². The highest BCUT2D eigenvalue weighted by Gasteiger charge is 2.51. The Labute approximate surface area is 132 Å². The van der Waals surface area contributed by atoms with E-state index in [1.165, 1.54) is 10.9 Å². The maximum absolute atomic E-state index is 11.5. The van der Waals surface area contributed by atoms with Crippen molar-refractivity contribution < 1.29 is 9.90 Å². The quantitative estimate of drug-likeness (QED) is 0.823. The fourth-order valence-corrected chi connectivity index (χ4v) is 4.09. The number of nitrogens with one attached hydrogen (secondary N) is 1. The number of halogens is 1. The van der Waals surface area contributed by atoms with E-state index in [9.17, 15) is 9.90 Å². The van der Waals surface area contributed by atoms with Crippen molar-refractivity contribution in [1.82, 2.24) is 4.98 Å². The summed E-state index contributed by atoms with van der Waals surface area (Å²) in [6, 6.07) is 6.19. The van der Waals surface area contributed by atoms with E-state index in [1.54, 1.807) is 0 Å². The van der Waals surface area contributed by atoms with Gasteiger partial charge in [-0.05, 0) is 65.6 Å². The van der Waals surface area contributed by atoms with Crippen LogP contribution >= 0.6 is 15.9 Å². The molecular formula is C17H20BrNO2. The zero-order valence-electron chi connectivity index (χ0n) is 12.4. The first kappa shape index (κ1) is 14.6. The van der Waals surface area contributed by atoms with Crippen LogP contribution in [0.5, 0.6) is 0 Å². The molecule has 4 heteroatoms. The molecule has 2 aromatic rings. The van der Waals surface area contributed by atoms with Crippen molar-refractivity contribution in [3.05, 3.63) is 33.9 Å². The number of aromatic nitrogens is 1. The summed E-state index contributed by atoms with van der Waals surface area (Å²) in [6.07, 6.45) is 3.62. The zero-order chi connectivity index (χ0) is 15.2. The van der Waals surface area contributed by atoms with Crippen LogP contribution in [-0.4, -0.2) is 16.1 Å². The monoisotopic (exact) mass is 349 g/mol. The number of para-hydroxylation sites is 1. The minimum absolute atomic E-state index is 0.0389. The minimum Gasteiger partial charge on any atom is -0.481 e. The summed E-state index contributed by atoms with van der Waals surface area (Å²) in [6.45, 7) is 4.07. The van der Waals surface area contributed by atoms with Crippen LogP contribution in [0.4, 0.5) is 0 Å². The summed E-state index contributed by atoms with van der Waals surface area (Å²) in [5.74, 6) is -0.873. The van der Waals surface area contributed by atoms with Gasteiger partial charge in [0.2, 0.25) is 0 Å². The lowest BCUT2D eigenvalue weighted by molar-refractivity contribution is -0.144. The number of hydrogen-bond acceptors (Lipinski definition) is 1. The standard InChI is InChI=1S/C17H20BrNO2/c1-3-13(16(20)21)17(7-8-17)9-12-10(2)19-15-11(12)5-4-6-14(15)18/h4-6,13,19H,3,7-9H2,1-2H3,(H,20,21). The van der Waals surface area contributed by atoms with Gasteiger partial charge in [-0.3, -0.25) is 4.79 Å². The summed E-state index contributed by atoms with van der Waals surface area (Å²) in [5.41, 5.74) is 3.51. The molecule has 0 aliphatic heterocycles. The first-order valence-electron chi connectivity index (χ1n) is 7.47. The second kappa shape index (κ2) is 5.16. The van der Waals surface area contributed by atoms with Gasteiger partial charge >= 0.3 is 5.97 Å². The summed E-state index contributed by atoms with van der Waals surface area (Å²) in [7, 11) is 0. The molecule has 1 aliphatic carbocycles. The smallest absolute Gasteiger partial charge is 0.307 e. The molecule has 1 atom stereocenters. The number of H-pyrrole nitrogens is 1. The molecule has 3 rings (SSSR count). The highest BCUT2D eigenvalue weighted by Crippen LogP contribution is 2.56. The Bertz CT molecular complexity index is 700. The number of aromatic amines is 1. The van der Waals surface area contributed by atoms with E-state index in [0.717, 1.165) is 34.9 Å². The maximum atomic E-state index is 11.5. The molecule has 0 amide bonds. The normalized spacial score (nSPS) is 17.9. The fourth-order valence-electron chi connectivity index (χ4n) is 3.63. The molecule has 21 heavy (non-hydrogen) atoms. The third kappa shape index (κ3) is 2.39. The number of aryl methyl sites for hydroxylation is 1. The predicted molar refractivity (Wildman–Crippen MR) is 87.5 cm³/mol. The molecule has 0 saturated heterocycles. The van der Waals surface area contributed by atoms with E-state index in [-0.39, 0.29) is 11.3 Å². The van der Waals surface area contributed by atoms with Crippen molar-refractivity contribution in [2.24, 2.45) is 11.3 Å². The third-order valence-corrected chi connectivity index (χ3v) is 5.63. The maximum Gasteiger partial charge on any atom is 0.307 e.